The number of carbonyl (C=O) groups excluding carboxylic acids is 1. The van der Waals surface area contributed by atoms with Crippen LogP contribution in [-0.4, -0.2) is 19.0 Å². The highest BCUT2D eigenvalue weighted by Crippen LogP contribution is 2.28. The standard InChI is InChI=1S/C16H17N3O/c1-11-5-7-12(8-6-11)19-16(20)13-3-2-4-14-15(13)18-10-9-17-14/h2-8,17-18H,9-10H2,1H3,(H,19,20). The number of fused-ring (bicyclic) bond motifs is 1. The first kappa shape index (κ1) is 12.5. The van der Waals surface area contributed by atoms with E-state index in [0.717, 1.165) is 30.2 Å². The Kier molecular flexibility index (Phi) is 3.29. The van der Waals surface area contributed by atoms with Crippen molar-refractivity contribution in [3.63, 3.8) is 0 Å². The van der Waals surface area contributed by atoms with E-state index in [9.17, 15) is 4.79 Å². The number of rotatable bonds is 2. The van der Waals surface area contributed by atoms with Crippen molar-refractivity contribution in [2.45, 2.75) is 6.92 Å². The van der Waals surface area contributed by atoms with E-state index in [2.05, 4.69) is 16.0 Å². The van der Waals surface area contributed by atoms with Crippen LogP contribution in [0.5, 0.6) is 0 Å². The predicted molar refractivity (Wildman–Crippen MR) is 82.6 cm³/mol. The van der Waals surface area contributed by atoms with Gasteiger partial charge in [-0.15, -0.1) is 0 Å². The van der Waals surface area contributed by atoms with E-state index in [1.54, 1.807) is 0 Å². The average molecular weight is 267 g/mol. The van der Waals surface area contributed by atoms with Crippen LogP contribution in [0.2, 0.25) is 0 Å². The van der Waals surface area contributed by atoms with Gasteiger partial charge in [0.15, 0.2) is 0 Å². The average Bonchev–Trinajstić information content (AvgIpc) is 2.49. The van der Waals surface area contributed by atoms with Crippen molar-refractivity contribution in [3.05, 3.63) is 53.6 Å². The zero-order chi connectivity index (χ0) is 13.9. The first-order chi connectivity index (χ1) is 9.74. The van der Waals surface area contributed by atoms with Gasteiger partial charge in [-0.3, -0.25) is 4.79 Å². The molecule has 2 aromatic carbocycles. The normalized spacial score (nSPS) is 12.8. The van der Waals surface area contributed by atoms with Gasteiger partial charge in [0.2, 0.25) is 0 Å². The van der Waals surface area contributed by atoms with Crippen molar-refractivity contribution in [1.29, 1.82) is 0 Å². The quantitative estimate of drug-likeness (QED) is 0.783. The van der Waals surface area contributed by atoms with Crippen molar-refractivity contribution in [1.82, 2.24) is 0 Å². The zero-order valence-corrected chi connectivity index (χ0v) is 11.4. The highest BCUT2D eigenvalue weighted by atomic mass is 16.1. The second-order valence-electron chi connectivity index (χ2n) is 4.90. The summed E-state index contributed by atoms with van der Waals surface area (Å²) in [6, 6.07) is 13.5. The largest absolute Gasteiger partial charge is 0.382 e. The number of hydrogen-bond donors (Lipinski definition) is 3. The molecule has 1 aliphatic heterocycles. The molecule has 0 aromatic heterocycles. The molecule has 1 heterocycles. The van der Waals surface area contributed by atoms with Crippen LogP contribution in [0.4, 0.5) is 17.1 Å². The van der Waals surface area contributed by atoms with E-state index in [-0.39, 0.29) is 5.91 Å². The molecule has 4 nitrogen and oxygen atoms in total. The van der Waals surface area contributed by atoms with Crippen LogP contribution < -0.4 is 16.0 Å². The second-order valence-corrected chi connectivity index (χ2v) is 4.90. The maximum atomic E-state index is 12.4. The lowest BCUT2D eigenvalue weighted by Gasteiger charge is -2.22. The minimum Gasteiger partial charge on any atom is -0.382 e. The van der Waals surface area contributed by atoms with E-state index in [0.29, 0.717) is 5.56 Å². The Labute approximate surface area is 118 Å². The number of benzene rings is 2. The molecule has 0 aliphatic carbocycles. The van der Waals surface area contributed by atoms with Gasteiger partial charge >= 0.3 is 0 Å². The lowest BCUT2D eigenvalue weighted by molar-refractivity contribution is 0.102. The van der Waals surface area contributed by atoms with Crippen molar-refractivity contribution in [2.75, 3.05) is 29.0 Å². The van der Waals surface area contributed by atoms with E-state index in [1.807, 2.05) is 49.4 Å². The van der Waals surface area contributed by atoms with E-state index in [4.69, 9.17) is 0 Å². The summed E-state index contributed by atoms with van der Waals surface area (Å²) in [7, 11) is 0. The van der Waals surface area contributed by atoms with E-state index >= 15 is 0 Å². The summed E-state index contributed by atoms with van der Waals surface area (Å²) in [4.78, 5) is 12.4. The number of hydrogen-bond acceptors (Lipinski definition) is 3. The van der Waals surface area contributed by atoms with Gasteiger partial charge in [0.25, 0.3) is 5.91 Å². The summed E-state index contributed by atoms with van der Waals surface area (Å²) in [5.74, 6) is -0.0955. The topological polar surface area (TPSA) is 53.2 Å². The molecule has 0 spiro atoms. The van der Waals surface area contributed by atoms with Crippen LogP contribution in [0.1, 0.15) is 15.9 Å². The molecule has 0 radical (unpaired) electrons. The van der Waals surface area contributed by atoms with Crippen molar-refractivity contribution < 1.29 is 4.79 Å². The molecule has 0 bridgehead atoms. The summed E-state index contributed by atoms with van der Waals surface area (Å²) in [5, 5.41) is 9.50. The number of aryl methyl sites for hydroxylation is 1. The second kappa shape index (κ2) is 5.25. The zero-order valence-electron chi connectivity index (χ0n) is 11.4. The molecule has 0 saturated carbocycles. The minimum atomic E-state index is -0.0955. The first-order valence-electron chi connectivity index (χ1n) is 6.73. The van der Waals surface area contributed by atoms with E-state index in [1.165, 1.54) is 5.56 Å². The molecular formula is C16H17N3O. The van der Waals surface area contributed by atoms with Crippen molar-refractivity contribution >= 4 is 23.0 Å². The number of carbonyl (C=O) groups is 1. The maximum absolute atomic E-state index is 12.4. The highest BCUT2D eigenvalue weighted by Gasteiger charge is 2.17. The lowest BCUT2D eigenvalue weighted by Crippen LogP contribution is -2.24. The number of amides is 1. The van der Waals surface area contributed by atoms with Crippen LogP contribution in [0.25, 0.3) is 0 Å². The Hall–Kier alpha value is -2.49. The molecule has 1 amide bonds. The molecule has 1 aliphatic rings. The minimum absolute atomic E-state index is 0.0955. The number of anilines is 3. The van der Waals surface area contributed by atoms with Gasteiger partial charge in [0, 0.05) is 18.8 Å². The summed E-state index contributed by atoms with van der Waals surface area (Å²) < 4.78 is 0. The van der Waals surface area contributed by atoms with Crippen molar-refractivity contribution in [2.24, 2.45) is 0 Å². The van der Waals surface area contributed by atoms with Crippen LogP contribution in [-0.2, 0) is 0 Å². The summed E-state index contributed by atoms with van der Waals surface area (Å²) in [6.07, 6.45) is 0. The monoisotopic (exact) mass is 267 g/mol. The van der Waals surface area contributed by atoms with Gasteiger partial charge in [-0.05, 0) is 31.2 Å². The van der Waals surface area contributed by atoms with Crippen LogP contribution in [0.15, 0.2) is 42.5 Å². The Morgan fingerprint density at radius 3 is 2.60 bits per heavy atom. The van der Waals surface area contributed by atoms with Gasteiger partial charge < -0.3 is 16.0 Å². The van der Waals surface area contributed by atoms with Gasteiger partial charge in [-0.1, -0.05) is 23.8 Å². The fourth-order valence-electron chi connectivity index (χ4n) is 2.30. The molecule has 0 saturated heterocycles. The fraction of sp³-hybridized carbons (Fsp3) is 0.188. The summed E-state index contributed by atoms with van der Waals surface area (Å²) >= 11 is 0. The van der Waals surface area contributed by atoms with Crippen LogP contribution >= 0.6 is 0 Å². The SMILES string of the molecule is Cc1ccc(NC(=O)c2cccc3c2NCCN3)cc1. The first-order valence-corrected chi connectivity index (χ1v) is 6.73. The Morgan fingerprint density at radius 1 is 1.05 bits per heavy atom. The molecule has 2 aromatic rings. The summed E-state index contributed by atoms with van der Waals surface area (Å²) in [5.41, 5.74) is 4.50. The lowest BCUT2D eigenvalue weighted by atomic mass is 10.1. The van der Waals surface area contributed by atoms with Gasteiger partial charge in [0.05, 0.1) is 16.9 Å². The van der Waals surface area contributed by atoms with Gasteiger partial charge in [-0.2, -0.15) is 0 Å². The molecule has 3 N–H and O–H groups in total. The molecule has 20 heavy (non-hydrogen) atoms. The molecule has 3 rings (SSSR count). The van der Waals surface area contributed by atoms with Gasteiger partial charge in [-0.25, -0.2) is 0 Å². The molecule has 0 atom stereocenters. The van der Waals surface area contributed by atoms with Crippen molar-refractivity contribution in [3.8, 4) is 0 Å². The summed E-state index contributed by atoms with van der Waals surface area (Å²) in [6.45, 7) is 3.71. The molecule has 0 unspecified atom stereocenters. The Bertz CT molecular complexity index is 635. The predicted octanol–water partition coefficient (Wildman–Crippen LogP) is 3.08. The fourth-order valence-corrected chi connectivity index (χ4v) is 2.30. The maximum Gasteiger partial charge on any atom is 0.257 e. The van der Waals surface area contributed by atoms with Crippen LogP contribution in [0.3, 0.4) is 0 Å². The Morgan fingerprint density at radius 2 is 1.80 bits per heavy atom. The van der Waals surface area contributed by atoms with Crippen LogP contribution in [0, 0.1) is 6.92 Å². The molecular weight excluding hydrogens is 250 g/mol. The molecule has 0 fully saturated rings. The van der Waals surface area contributed by atoms with E-state index < -0.39 is 0 Å². The number of para-hydroxylation sites is 1. The third-order valence-corrected chi connectivity index (χ3v) is 3.36. The van der Waals surface area contributed by atoms with Gasteiger partial charge in [0.1, 0.15) is 0 Å². The smallest absolute Gasteiger partial charge is 0.257 e. The Balaban J connectivity index is 1.85. The number of nitrogens with one attached hydrogen (secondary N) is 3. The third kappa shape index (κ3) is 2.45. The highest BCUT2D eigenvalue weighted by molar-refractivity contribution is 6.10. The molecule has 102 valence electrons. The third-order valence-electron chi connectivity index (χ3n) is 3.36. The molecule has 4 heteroatoms.